The summed E-state index contributed by atoms with van der Waals surface area (Å²) in [5.41, 5.74) is 0.276. The van der Waals surface area contributed by atoms with Crippen LogP contribution in [0.3, 0.4) is 0 Å². The van der Waals surface area contributed by atoms with Crippen molar-refractivity contribution in [2.24, 2.45) is 22.7 Å². The number of hydrogen-bond acceptors (Lipinski definition) is 6. The van der Waals surface area contributed by atoms with Gasteiger partial charge in [0, 0.05) is 48.3 Å². The van der Waals surface area contributed by atoms with Gasteiger partial charge in [-0.05, 0) is 24.2 Å². The molecule has 0 heterocycles. The van der Waals surface area contributed by atoms with Gasteiger partial charge in [0.25, 0.3) is 0 Å². The number of fused-ring (bicyclic) bond motifs is 2. The largest absolute Gasteiger partial charge is 0.462 e. The number of ether oxygens (including phenoxy) is 2. The van der Waals surface area contributed by atoms with Crippen LogP contribution >= 0.6 is 0 Å². The van der Waals surface area contributed by atoms with Gasteiger partial charge in [0.05, 0.1) is 0 Å². The number of allylic oxidation sites excluding steroid dienone is 2. The first-order chi connectivity index (χ1) is 13.8. The fourth-order valence-electron chi connectivity index (χ4n) is 6.24. The maximum atomic E-state index is 13.7. The Labute approximate surface area is 178 Å². The monoisotopic (exact) mass is 416 g/mol. The highest BCUT2D eigenvalue weighted by Gasteiger charge is 2.60. The van der Waals surface area contributed by atoms with E-state index in [-0.39, 0.29) is 52.5 Å². The lowest BCUT2D eigenvalue weighted by molar-refractivity contribution is -0.162. The van der Waals surface area contributed by atoms with Crippen molar-refractivity contribution in [3.8, 4) is 0 Å². The van der Waals surface area contributed by atoms with Gasteiger partial charge in [0.2, 0.25) is 5.78 Å². The van der Waals surface area contributed by atoms with Crippen molar-refractivity contribution in [1.82, 2.24) is 0 Å². The number of Topliss-reactive ketones (excluding diaryl/α,β-unsaturated/α-hetero) is 2. The fraction of sp³-hybridized carbons (Fsp3) is 0.667. The van der Waals surface area contributed by atoms with Crippen LogP contribution < -0.4 is 0 Å². The zero-order valence-electron chi connectivity index (χ0n) is 19.0. The van der Waals surface area contributed by atoms with Gasteiger partial charge in [-0.15, -0.1) is 0 Å². The Bertz CT molecular complexity index is 887. The Morgan fingerprint density at radius 2 is 1.63 bits per heavy atom. The molecule has 164 valence electrons. The van der Waals surface area contributed by atoms with Crippen LogP contribution in [0.5, 0.6) is 0 Å². The Kier molecular flexibility index (Phi) is 5.59. The molecular formula is C24H32O6. The average molecular weight is 417 g/mol. The molecule has 3 rings (SSSR count). The van der Waals surface area contributed by atoms with Crippen molar-refractivity contribution in [2.75, 3.05) is 0 Å². The molecule has 3 atom stereocenters. The minimum Gasteiger partial charge on any atom is -0.462 e. The molecule has 1 saturated carbocycles. The maximum absolute atomic E-state index is 13.7. The lowest BCUT2D eigenvalue weighted by atomic mass is 9.48. The Balaban J connectivity index is 2.23. The Hall–Kier alpha value is -2.24. The van der Waals surface area contributed by atoms with E-state index in [0.29, 0.717) is 17.6 Å². The van der Waals surface area contributed by atoms with Crippen molar-refractivity contribution < 1.29 is 28.7 Å². The van der Waals surface area contributed by atoms with E-state index in [2.05, 4.69) is 13.8 Å². The van der Waals surface area contributed by atoms with Gasteiger partial charge in [-0.1, -0.05) is 41.0 Å². The van der Waals surface area contributed by atoms with E-state index >= 15 is 0 Å². The summed E-state index contributed by atoms with van der Waals surface area (Å²) in [5, 5.41) is 0. The maximum Gasteiger partial charge on any atom is 0.308 e. The summed E-state index contributed by atoms with van der Waals surface area (Å²) in [5.74, 6) is -2.17. The highest BCUT2D eigenvalue weighted by Crippen LogP contribution is 2.61. The SMILES string of the molecule is CC(=O)OC1=C(C(C)C)C(=O)C2=C(C1=O)[C@@]1(C)CCCC(C)(C)[C@@H]1[C@H](OC(C)=O)C2. The summed E-state index contributed by atoms with van der Waals surface area (Å²) in [6.07, 6.45) is 2.30. The van der Waals surface area contributed by atoms with Crippen molar-refractivity contribution >= 4 is 23.5 Å². The smallest absolute Gasteiger partial charge is 0.308 e. The van der Waals surface area contributed by atoms with Crippen molar-refractivity contribution in [1.29, 1.82) is 0 Å². The van der Waals surface area contributed by atoms with E-state index in [1.54, 1.807) is 13.8 Å². The molecule has 0 aliphatic heterocycles. The van der Waals surface area contributed by atoms with Crippen molar-refractivity contribution in [3.05, 3.63) is 22.5 Å². The molecule has 0 aromatic carbocycles. The van der Waals surface area contributed by atoms with Gasteiger partial charge in [0.1, 0.15) is 6.10 Å². The molecule has 0 aromatic heterocycles. The summed E-state index contributed by atoms with van der Waals surface area (Å²) in [6, 6.07) is 0. The Morgan fingerprint density at radius 1 is 1.00 bits per heavy atom. The van der Waals surface area contributed by atoms with E-state index < -0.39 is 17.5 Å². The summed E-state index contributed by atoms with van der Waals surface area (Å²) in [6.45, 7) is 12.5. The molecule has 0 unspecified atom stereocenters. The van der Waals surface area contributed by atoms with E-state index in [4.69, 9.17) is 9.47 Å². The third-order valence-electron chi connectivity index (χ3n) is 7.03. The van der Waals surface area contributed by atoms with Crippen LogP contribution in [0.4, 0.5) is 0 Å². The summed E-state index contributed by atoms with van der Waals surface area (Å²) in [7, 11) is 0. The molecule has 1 fully saturated rings. The van der Waals surface area contributed by atoms with Crippen LogP contribution in [0.2, 0.25) is 0 Å². The summed E-state index contributed by atoms with van der Waals surface area (Å²) in [4.78, 5) is 50.9. The molecule has 30 heavy (non-hydrogen) atoms. The number of rotatable bonds is 3. The van der Waals surface area contributed by atoms with Crippen LogP contribution in [0, 0.1) is 22.7 Å². The second-order valence-electron chi connectivity index (χ2n) is 10.1. The first kappa shape index (κ1) is 22.4. The highest BCUT2D eigenvalue weighted by molar-refractivity contribution is 6.25. The second kappa shape index (κ2) is 7.47. The van der Waals surface area contributed by atoms with E-state index in [9.17, 15) is 19.2 Å². The molecule has 0 spiro atoms. The molecule has 6 heteroatoms. The minimum atomic E-state index is -0.643. The normalized spacial score (nSPS) is 30.8. The van der Waals surface area contributed by atoms with Gasteiger partial charge in [0.15, 0.2) is 11.5 Å². The number of carbonyl (C=O) groups is 4. The number of carbonyl (C=O) groups excluding carboxylic acids is 4. The van der Waals surface area contributed by atoms with E-state index in [0.717, 1.165) is 12.8 Å². The van der Waals surface area contributed by atoms with Gasteiger partial charge < -0.3 is 9.47 Å². The third kappa shape index (κ3) is 3.44. The van der Waals surface area contributed by atoms with Crippen LogP contribution in [0.1, 0.15) is 74.1 Å². The van der Waals surface area contributed by atoms with Gasteiger partial charge >= 0.3 is 11.9 Å². The van der Waals surface area contributed by atoms with Crippen molar-refractivity contribution in [2.45, 2.75) is 80.3 Å². The van der Waals surface area contributed by atoms with Crippen LogP contribution in [0.15, 0.2) is 22.5 Å². The van der Waals surface area contributed by atoms with Crippen molar-refractivity contribution in [3.63, 3.8) is 0 Å². The Morgan fingerprint density at radius 3 is 2.17 bits per heavy atom. The van der Waals surface area contributed by atoms with Crippen LogP contribution in [0.25, 0.3) is 0 Å². The van der Waals surface area contributed by atoms with E-state index in [1.807, 2.05) is 6.92 Å². The molecule has 3 aliphatic rings. The van der Waals surface area contributed by atoms with Gasteiger partial charge in [-0.2, -0.15) is 0 Å². The molecule has 0 amide bonds. The standard InChI is InChI=1S/C24H32O6/c1-12(2)17-19(27)15-11-16(29-13(3)25)22-23(5,6)9-8-10-24(22,7)18(15)20(28)21(17)30-14(4)26/h12,16,22H,8-11H2,1-7H3/t16-,22+,24-/m1/s1. The summed E-state index contributed by atoms with van der Waals surface area (Å²) < 4.78 is 11.1. The molecule has 0 saturated heterocycles. The lowest BCUT2D eigenvalue weighted by Crippen LogP contribution is -2.56. The summed E-state index contributed by atoms with van der Waals surface area (Å²) >= 11 is 0. The number of ketones is 2. The highest BCUT2D eigenvalue weighted by atomic mass is 16.5. The fourth-order valence-corrected chi connectivity index (χ4v) is 6.24. The molecule has 6 nitrogen and oxygen atoms in total. The lowest BCUT2D eigenvalue weighted by Gasteiger charge is -2.57. The first-order valence-electron chi connectivity index (χ1n) is 10.7. The minimum absolute atomic E-state index is 0.114. The number of hydrogen-bond donors (Lipinski definition) is 0. The van der Waals surface area contributed by atoms with Gasteiger partial charge in [-0.3, -0.25) is 19.2 Å². The van der Waals surface area contributed by atoms with Crippen LogP contribution in [-0.4, -0.2) is 29.6 Å². The van der Waals surface area contributed by atoms with E-state index in [1.165, 1.54) is 13.8 Å². The zero-order chi connectivity index (χ0) is 22.6. The predicted molar refractivity (Wildman–Crippen MR) is 110 cm³/mol. The molecular weight excluding hydrogens is 384 g/mol. The zero-order valence-corrected chi connectivity index (χ0v) is 19.0. The molecule has 0 N–H and O–H groups in total. The molecule has 0 radical (unpaired) electrons. The quantitative estimate of drug-likeness (QED) is 0.509. The second-order valence-corrected chi connectivity index (χ2v) is 10.1. The topological polar surface area (TPSA) is 86.7 Å². The number of esters is 2. The predicted octanol–water partition coefficient (Wildman–Crippen LogP) is 4.08. The first-order valence-corrected chi connectivity index (χ1v) is 10.7. The van der Waals surface area contributed by atoms with Crippen LogP contribution in [-0.2, 0) is 28.7 Å². The third-order valence-corrected chi connectivity index (χ3v) is 7.03. The molecule has 3 aliphatic carbocycles. The molecule has 0 aromatic rings. The molecule has 0 bridgehead atoms. The van der Waals surface area contributed by atoms with Gasteiger partial charge in [-0.25, -0.2) is 0 Å². The average Bonchev–Trinajstić information content (AvgIpc) is 2.56.